The Hall–Kier alpha value is -1.31. The fraction of sp³-hybridized carbons (Fsp3) is 0.562. The number of hydrogen-bond donors (Lipinski definition) is 1. The summed E-state index contributed by atoms with van der Waals surface area (Å²) in [5.74, 6) is -0.144. The van der Waals surface area contributed by atoms with Crippen molar-refractivity contribution < 1.29 is 9.90 Å². The third-order valence-electron chi connectivity index (χ3n) is 3.59. The molecule has 1 aliphatic rings. The summed E-state index contributed by atoms with van der Waals surface area (Å²) in [6.07, 6.45) is 5.95. The second-order valence-electron chi connectivity index (χ2n) is 5.36. The molecule has 2 nitrogen and oxygen atoms in total. The zero-order valence-corrected chi connectivity index (χ0v) is 11.6. The van der Waals surface area contributed by atoms with Crippen molar-refractivity contribution in [1.29, 1.82) is 0 Å². The van der Waals surface area contributed by atoms with Crippen molar-refractivity contribution in [1.82, 2.24) is 0 Å². The molecule has 2 heteroatoms. The standard InChI is InChI=1S/C10H12O2.C6H12/c1-7-3-5-9(6-4-7)8(2)10(11)12;1-6-4-2-3-5-6/h3-6,8H,1-2H3,(H,11,12);6H,2-5H2,1H3. The molecule has 1 N–H and O–H groups in total. The molecule has 1 aliphatic carbocycles. The first-order chi connectivity index (χ1) is 8.50. The smallest absolute Gasteiger partial charge is 0.310 e. The van der Waals surface area contributed by atoms with Gasteiger partial charge in [0.2, 0.25) is 0 Å². The van der Waals surface area contributed by atoms with Crippen LogP contribution in [0.15, 0.2) is 24.3 Å². The number of aryl methyl sites for hydroxylation is 1. The number of carbonyl (C=O) groups is 1. The SMILES string of the molecule is CC1CCCC1.Cc1ccc(C(C)C(=O)O)cc1. The van der Waals surface area contributed by atoms with Crippen LogP contribution >= 0.6 is 0 Å². The number of hydrogen-bond acceptors (Lipinski definition) is 1. The van der Waals surface area contributed by atoms with Gasteiger partial charge < -0.3 is 5.11 Å². The number of aliphatic carboxylic acids is 1. The maximum atomic E-state index is 10.6. The molecule has 2 rings (SSSR count). The van der Waals surface area contributed by atoms with Gasteiger partial charge in [0, 0.05) is 0 Å². The Labute approximate surface area is 110 Å². The lowest BCUT2D eigenvalue weighted by Crippen LogP contribution is -2.06. The van der Waals surface area contributed by atoms with E-state index in [2.05, 4.69) is 6.92 Å². The second kappa shape index (κ2) is 7.20. The summed E-state index contributed by atoms with van der Waals surface area (Å²) >= 11 is 0. The van der Waals surface area contributed by atoms with Crippen LogP contribution in [0.25, 0.3) is 0 Å². The first kappa shape index (κ1) is 14.7. The zero-order valence-electron chi connectivity index (χ0n) is 11.6. The minimum absolute atomic E-state index is 0.411. The van der Waals surface area contributed by atoms with Crippen LogP contribution in [0.5, 0.6) is 0 Å². The highest BCUT2D eigenvalue weighted by Crippen LogP contribution is 2.22. The van der Waals surface area contributed by atoms with Crippen LogP contribution in [0.1, 0.15) is 56.6 Å². The summed E-state index contributed by atoms with van der Waals surface area (Å²) in [6, 6.07) is 7.56. The van der Waals surface area contributed by atoms with Gasteiger partial charge in [0.1, 0.15) is 0 Å². The van der Waals surface area contributed by atoms with E-state index in [1.165, 1.54) is 25.7 Å². The monoisotopic (exact) mass is 248 g/mol. The van der Waals surface area contributed by atoms with Crippen LogP contribution < -0.4 is 0 Å². The van der Waals surface area contributed by atoms with Crippen molar-refractivity contribution in [2.75, 3.05) is 0 Å². The minimum atomic E-state index is -0.779. The predicted octanol–water partition coefficient (Wildman–Crippen LogP) is 4.38. The lowest BCUT2D eigenvalue weighted by Gasteiger charge is -2.05. The van der Waals surface area contributed by atoms with Crippen molar-refractivity contribution in [2.45, 2.75) is 52.4 Å². The van der Waals surface area contributed by atoms with Crippen LogP contribution in [-0.2, 0) is 4.79 Å². The molecule has 1 fully saturated rings. The number of benzene rings is 1. The van der Waals surface area contributed by atoms with Crippen molar-refractivity contribution >= 4 is 5.97 Å². The van der Waals surface area contributed by atoms with Crippen molar-refractivity contribution in [3.8, 4) is 0 Å². The molecule has 1 aromatic rings. The third-order valence-corrected chi connectivity index (χ3v) is 3.59. The molecular weight excluding hydrogens is 224 g/mol. The van der Waals surface area contributed by atoms with Crippen LogP contribution in [0, 0.1) is 12.8 Å². The summed E-state index contributed by atoms with van der Waals surface area (Å²) in [5, 5.41) is 8.70. The van der Waals surface area contributed by atoms with E-state index in [0.29, 0.717) is 0 Å². The lowest BCUT2D eigenvalue weighted by atomic mass is 10.0. The van der Waals surface area contributed by atoms with Gasteiger partial charge in [-0.2, -0.15) is 0 Å². The number of carboxylic acids is 1. The molecule has 0 bridgehead atoms. The van der Waals surface area contributed by atoms with Gasteiger partial charge in [0.25, 0.3) is 0 Å². The molecule has 18 heavy (non-hydrogen) atoms. The van der Waals surface area contributed by atoms with E-state index in [9.17, 15) is 4.79 Å². The Kier molecular flexibility index (Phi) is 5.90. The molecule has 0 radical (unpaired) electrons. The summed E-state index contributed by atoms with van der Waals surface area (Å²) in [5.41, 5.74) is 2.00. The van der Waals surface area contributed by atoms with E-state index >= 15 is 0 Å². The topological polar surface area (TPSA) is 37.3 Å². The maximum Gasteiger partial charge on any atom is 0.310 e. The van der Waals surface area contributed by atoms with E-state index in [4.69, 9.17) is 5.11 Å². The molecule has 100 valence electrons. The molecule has 0 aliphatic heterocycles. The first-order valence-electron chi connectivity index (χ1n) is 6.80. The molecule has 0 saturated heterocycles. The molecule has 0 spiro atoms. The Morgan fingerprint density at radius 1 is 1.22 bits per heavy atom. The molecule has 0 aromatic heterocycles. The molecule has 0 heterocycles. The summed E-state index contributed by atoms with van der Waals surface area (Å²) in [4.78, 5) is 10.6. The van der Waals surface area contributed by atoms with E-state index in [1.54, 1.807) is 6.92 Å². The normalized spacial score (nSPS) is 16.8. The lowest BCUT2D eigenvalue weighted by molar-refractivity contribution is -0.138. The summed E-state index contributed by atoms with van der Waals surface area (Å²) in [6.45, 7) is 6.01. The molecule has 1 aromatic carbocycles. The number of carboxylic acid groups (broad SMARTS) is 1. The third kappa shape index (κ3) is 4.91. The highest BCUT2D eigenvalue weighted by molar-refractivity contribution is 5.75. The average molecular weight is 248 g/mol. The summed E-state index contributed by atoms with van der Waals surface area (Å²) < 4.78 is 0. The van der Waals surface area contributed by atoms with Crippen molar-refractivity contribution in [2.24, 2.45) is 5.92 Å². The maximum absolute atomic E-state index is 10.6. The quantitative estimate of drug-likeness (QED) is 0.843. The van der Waals surface area contributed by atoms with Gasteiger partial charge in [-0.1, -0.05) is 62.4 Å². The second-order valence-corrected chi connectivity index (χ2v) is 5.36. The van der Waals surface area contributed by atoms with Crippen molar-refractivity contribution in [3.05, 3.63) is 35.4 Å². The zero-order chi connectivity index (χ0) is 13.5. The fourth-order valence-electron chi connectivity index (χ4n) is 2.13. The Morgan fingerprint density at radius 2 is 1.72 bits per heavy atom. The van der Waals surface area contributed by atoms with Gasteiger partial charge in [0.15, 0.2) is 0 Å². The Morgan fingerprint density at radius 3 is 2.06 bits per heavy atom. The molecule has 1 saturated carbocycles. The summed E-state index contributed by atoms with van der Waals surface area (Å²) in [7, 11) is 0. The van der Waals surface area contributed by atoms with Crippen LogP contribution in [0.3, 0.4) is 0 Å². The molecule has 0 amide bonds. The van der Waals surface area contributed by atoms with E-state index in [0.717, 1.165) is 17.0 Å². The molecule has 1 unspecified atom stereocenters. The van der Waals surface area contributed by atoms with Crippen LogP contribution in [0.2, 0.25) is 0 Å². The molecule has 1 atom stereocenters. The largest absolute Gasteiger partial charge is 0.481 e. The van der Waals surface area contributed by atoms with E-state index < -0.39 is 11.9 Å². The van der Waals surface area contributed by atoms with Gasteiger partial charge >= 0.3 is 5.97 Å². The van der Waals surface area contributed by atoms with Gasteiger partial charge in [0.05, 0.1) is 5.92 Å². The first-order valence-corrected chi connectivity index (χ1v) is 6.80. The van der Waals surface area contributed by atoms with Gasteiger partial charge in [-0.3, -0.25) is 4.79 Å². The minimum Gasteiger partial charge on any atom is -0.481 e. The van der Waals surface area contributed by atoms with Gasteiger partial charge in [-0.05, 0) is 25.3 Å². The van der Waals surface area contributed by atoms with Gasteiger partial charge in [-0.25, -0.2) is 0 Å². The van der Waals surface area contributed by atoms with Crippen LogP contribution in [-0.4, -0.2) is 11.1 Å². The van der Waals surface area contributed by atoms with Crippen molar-refractivity contribution in [3.63, 3.8) is 0 Å². The van der Waals surface area contributed by atoms with Crippen LogP contribution in [0.4, 0.5) is 0 Å². The van der Waals surface area contributed by atoms with E-state index in [1.807, 2.05) is 31.2 Å². The molecular formula is C16H24O2. The Balaban J connectivity index is 0.000000225. The highest BCUT2D eigenvalue weighted by atomic mass is 16.4. The Bertz CT molecular complexity index is 361. The fourth-order valence-corrected chi connectivity index (χ4v) is 2.13. The predicted molar refractivity (Wildman–Crippen MR) is 74.9 cm³/mol. The van der Waals surface area contributed by atoms with E-state index in [-0.39, 0.29) is 0 Å². The average Bonchev–Trinajstić information content (AvgIpc) is 2.81. The highest BCUT2D eigenvalue weighted by Gasteiger charge is 2.12. The number of rotatable bonds is 2. The van der Waals surface area contributed by atoms with Gasteiger partial charge in [-0.15, -0.1) is 0 Å².